The summed E-state index contributed by atoms with van der Waals surface area (Å²) in [7, 11) is 0. The minimum absolute atomic E-state index is 0.0284. The quantitative estimate of drug-likeness (QED) is 0.631. The maximum absolute atomic E-state index is 10.8. The Balaban J connectivity index is 2.63. The van der Waals surface area contributed by atoms with Gasteiger partial charge in [0.2, 0.25) is 0 Å². The first kappa shape index (κ1) is 16.5. The van der Waals surface area contributed by atoms with Crippen molar-refractivity contribution in [1.29, 1.82) is 0 Å². The Bertz CT molecular complexity index is 481. The topological polar surface area (TPSA) is 113 Å². The molecule has 0 saturated heterocycles. The molecule has 110 valence electrons. The number of aliphatic hydroxyl groups excluding tert-OH is 2. The fourth-order valence-electron chi connectivity index (χ4n) is 1.65. The molecular formula is C13H18N2O4S. The van der Waals surface area contributed by atoms with E-state index in [4.69, 9.17) is 5.73 Å². The summed E-state index contributed by atoms with van der Waals surface area (Å²) >= 11 is 1.10. The second-order valence-corrected chi connectivity index (χ2v) is 5.53. The van der Waals surface area contributed by atoms with Gasteiger partial charge in [-0.25, -0.2) is 4.79 Å². The summed E-state index contributed by atoms with van der Waals surface area (Å²) in [6.45, 7) is 1.45. The maximum Gasteiger partial charge on any atom is 0.316 e. The van der Waals surface area contributed by atoms with E-state index in [0.29, 0.717) is 23.4 Å². The molecular weight excluding hydrogens is 280 g/mol. The van der Waals surface area contributed by atoms with Gasteiger partial charge >= 0.3 is 6.03 Å². The molecule has 7 heteroatoms. The Morgan fingerprint density at radius 1 is 1.40 bits per heavy atom. The van der Waals surface area contributed by atoms with Crippen LogP contribution in [0, 0.1) is 0 Å². The Morgan fingerprint density at radius 2 is 2.10 bits per heavy atom. The SMILES string of the molecule is CC(=O)SCCC(O)C(O)c1cccc(NC(N)=O)c1. The molecule has 0 aliphatic carbocycles. The highest BCUT2D eigenvalue weighted by Crippen LogP contribution is 2.23. The monoisotopic (exact) mass is 298 g/mol. The highest BCUT2D eigenvalue weighted by molar-refractivity contribution is 8.13. The minimum Gasteiger partial charge on any atom is -0.390 e. The highest BCUT2D eigenvalue weighted by Gasteiger charge is 2.18. The predicted octanol–water partition coefficient (Wildman–Crippen LogP) is 1.24. The third-order valence-electron chi connectivity index (χ3n) is 2.58. The smallest absolute Gasteiger partial charge is 0.316 e. The van der Waals surface area contributed by atoms with E-state index >= 15 is 0 Å². The molecule has 0 aliphatic heterocycles. The van der Waals surface area contributed by atoms with Gasteiger partial charge in [-0.3, -0.25) is 4.79 Å². The molecule has 1 rings (SSSR count). The van der Waals surface area contributed by atoms with E-state index in [1.807, 2.05) is 0 Å². The standard InChI is InChI=1S/C13H18N2O4S/c1-8(16)20-6-5-11(17)12(18)9-3-2-4-10(7-9)15-13(14)19/h2-4,7,11-12,17-18H,5-6H2,1H3,(H3,14,15,19). The van der Waals surface area contributed by atoms with Crippen LogP contribution in [0.15, 0.2) is 24.3 Å². The van der Waals surface area contributed by atoms with Crippen LogP contribution in [0.4, 0.5) is 10.5 Å². The van der Waals surface area contributed by atoms with Crippen LogP contribution >= 0.6 is 11.8 Å². The summed E-state index contributed by atoms with van der Waals surface area (Å²) < 4.78 is 0. The molecule has 6 nitrogen and oxygen atoms in total. The van der Waals surface area contributed by atoms with E-state index in [1.54, 1.807) is 18.2 Å². The number of nitrogens with two attached hydrogens (primary N) is 1. The molecule has 0 fully saturated rings. The summed E-state index contributed by atoms with van der Waals surface area (Å²) in [4.78, 5) is 21.5. The van der Waals surface area contributed by atoms with Crippen LogP contribution in [0.1, 0.15) is 25.0 Å². The summed E-state index contributed by atoms with van der Waals surface area (Å²) in [5.41, 5.74) is 5.92. The van der Waals surface area contributed by atoms with Crippen molar-refractivity contribution in [2.75, 3.05) is 11.1 Å². The number of thioether (sulfide) groups is 1. The molecule has 0 aliphatic rings. The van der Waals surface area contributed by atoms with Gasteiger partial charge in [-0.2, -0.15) is 0 Å². The first-order chi connectivity index (χ1) is 9.40. The minimum atomic E-state index is -1.09. The van der Waals surface area contributed by atoms with Gasteiger partial charge in [0.05, 0.1) is 6.10 Å². The van der Waals surface area contributed by atoms with Crippen molar-refractivity contribution < 1.29 is 19.8 Å². The molecule has 5 N–H and O–H groups in total. The molecule has 0 saturated carbocycles. The number of anilines is 1. The Labute approximate surface area is 121 Å². The van der Waals surface area contributed by atoms with Gasteiger partial charge in [-0.15, -0.1) is 0 Å². The fourth-order valence-corrected chi connectivity index (χ4v) is 2.29. The fraction of sp³-hybridized carbons (Fsp3) is 0.385. The number of hydrogen-bond acceptors (Lipinski definition) is 5. The van der Waals surface area contributed by atoms with Gasteiger partial charge in [0, 0.05) is 18.4 Å². The number of primary amides is 1. The lowest BCUT2D eigenvalue weighted by Crippen LogP contribution is -2.21. The van der Waals surface area contributed by atoms with E-state index < -0.39 is 18.2 Å². The first-order valence-electron chi connectivity index (χ1n) is 6.06. The van der Waals surface area contributed by atoms with Crippen LogP contribution in [0.3, 0.4) is 0 Å². The van der Waals surface area contributed by atoms with E-state index in [9.17, 15) is 19.8 Å². The molecule has 0 spiro atoms. The first-order valence-corrected chi connectivity index (χ1v) is 7.04. The Hall–Kier alpha value is -1.57. The van der Waals surface area contributed by atoms with Crippen LogP contribution in [-0.2, 0) is 4.79 Å². The summed E-state index contributed by atoms with van der Waals surface area (Å²) in [6.07, 6.45) is -1.78. The number of rotatable bonds is 6. The van der Waals surface area contributed by atoms with Gasteiger partial charge in [-0.05, 0) is 24.1 Å². The molecule has 20 heavy (non-hydrogen) atoms. The van der Waals surface area contributed by atoms with E-state index in [-0.39, 0.29) is 5.12 Å². The predicted molar refractivity (Wildman–Crippen MR) is 78.4 cm³/mol. The summed E-state index contributed by atoms with van der Waals surface area (Å²) in [5.74, 6) is 0.437. The van der Waals surface area contributed by atoms with Crippen molar-refractivity contribution in [1.82, 2.24) is 0 Å². The summed E-state index contributed by atoms with van der Waals surface area (Å²) in [6, 6.07) is 5.74. The molecule has 0 aromatic heterocycles. The van der Waals surface area contributed by atoms with Gasteiger partial charge in [0.1, 0.15) is 6.10 Å². The number of carbonyl (C=O) groups is 2. The third kappa shape index (κ3) is 5.60. The number of benzene rings is 1. The van der Waals surface area contributed by atoms with Gasteiger partial charge < -0.3 is 21.3 Å². The van der Waals surface area contributed by atoms with Crippen LogP contribution < -0.4 is 11.1 Å². The van der Waals surface area contributed by atoms with Gasteiger partial charge in [0.25, 0.3) is 0 Å². The molecule has 0 radical (unpaired) electrons. The van der Waals surface area contributed by atoms with E-state index in [0.717, 1.165) is 11.8 Å². The number of nitrogens with one attached hydrogen (secondary N) is 1. The average molecular weight is 298 g/mol. The van der Waals surface area contributed by atoms with Gasteiger partial charge in [-0.1, -0.05) is 23.9 Å². The van der Waals surface area contributed by atoms with Crippen molar-refractivity contribution in [3.05, 3.63) is 29.8 Å². The van der Waals surface area contributed by atoms with Crippen molar-refractivity contribution in [2.45, 2.75) is 25.6 Å². The lowest BCUT2D eigenvalue weighted by atomic mass is 10.0. The van der Waals surface area contributed by atoms with E-state index in [2.05, 4.69) is 5.32 Å². The van der Waals surface area contributed by atoms with Crippen LogP contribution in [-0.4, -0.2) is 33.2 Å². The zero-order valence-corrected chi connectivity index (χ0v) is 11.9. The van der Waals surface area contributed by atoms with Crippen LogP contribution in [0.2, 0.25) is 0 Å². The van der Waals surface area contributed by atoms with Crippen molar-refractivity contribution in [3.8, 4) is 0 Å². The van der Waals surface area contributed by atoms with Crippen molar-refractivity contribution in [3.63, 3.8) is 0 Å². The van der Waals surface area contributed by atoms with Crippen LogP contribution in [0.25, 0.3) is 0 Å². The average Bonchev–Trinajstić information content (AvgIpc) is 2.36. The van der Waals surface area contributed by atoms with Crippen molar-refractivity contribution >= 4 is 28.6 Å². The molecule has 2 unspecified atom stereocenters. The second-order valence-electron chi connectivity index (χ2n) is 4.26. The molecule has 2 amide bonds. The molecule has 0 bridgehead atoms. The highest BCUT2D eigenvalue weighted by atomic mass is 32.2. The number of aliphatic hydroxyl groups is 2. The third-order valence-corrected chi connectivity index (χ3v) is 3.43. The Kier molecular flexibility index (Phi) is 6.50. The lowest BCUT2D eigenvalue weighted by Gasteiger charge is -2.18. The number of urea groups is 1. The second kappa shape index (κ2) is 7.88. The lowest BCUT2D eigenvalue weighted by molar-refractivity contribution is -0.109. The van der Waals surface area contributed by atoms with Gasteiger partial charge in [0.15, 0.2) is 5.12 Å². The molecule has 2 atom stereocenters. The normalized spacial score (nSPS) is 13.6. The molecule has 0 heterocycles. The zero-order valence-electron chi connectivity index (χ0n) is 11.1. The number of amides is 2. The Morgan fingerprint density at radius 3 is 2.70 bits per heavy atom. The summed E-state index contributed by atoms with van der Waals surface area (Å²) in [5, 5.41) is 22.3. The molecule has 1 aromatic rings. The van der Waals surface area contributed by atoms with Crippen LogP contribution in [0.5, 0.6) is 0 Å². The maximum atomic E-state index is 10.8. The number of carbonyl (C=O) groups excluding carboxylic acids is 2. The molecule has 1 aromatic carbocycles. The largest absolute Gasteiger partial charge is 0.390 e. The zero-order chi connectivity index (χ0) is 15.1. The van der Waals surface area contributed by atoms with Crippen molar-refractivity contribution in [2.24, 2.45) is 5.73 Å². The van der Waals surface area contributed by atoms with E-state index in [1.165, 1.54) is 13.0 Å². The number of hydrogen-bond donors (Lipinski definition) is 4.